The fourth-order valence-electron chi connectivity index (χ4n) is 1.86. The molecule has 20 heavy (non-hydrogen) atoms. The second-order valence-corrected chi connectivity index (χ2v) is 6.98. The summed E-state index contributed by atoms with van der Waals surface area (Å²) in [5.74, 6) is 0.524. The van der Waals surface area contributed by atoms with Crippen molar-refractivity contribution < 1.29 is 12.8 Å². The van der Waals surface area contributed by atoms with Gasteiger partial charge in [-0.05, 0) is 19.1 Å². The Morgan fingerprint density at radius 1 is 1.55 bits per heavy atom. The van der Waals surface area contributed by atoms with E-state index in [2.05, 4.69) is 9.71 Å². The lowest BCUT2D eigenvalue weighted by atomic mass is 10.3. The molecule has 0 aromatic carbocycles. The molecule has 0 amide bonds. The summed E-state index contributed by atoms with van der Waals surface area (Å²) in [5.41, 5.74) is 0. The lowest BCUT2D eigenvalue weighted by molar-refractivity contribution is 0.458. The molecule has 0 aliphatic carbocycles. The van der Waals surface area contributed by atoms with E-state index in [0.717, 1.165) is 0 Å². The molecule has 106 valence electrons. The summed E-state index contributed by atoms with van der Waals surface area (Å²) in [6.07, 6.45) is 3.11. The van der Waals surface area contributed by atoms with E-state index in [-0.39, 0.29) is 10.2 Å². The van der Waals surface area contributed by atoms with Crippen molar-refractivity contribution in [1.82, 2.24) is 14.1 Å². The molecular weight excluding hydrogens is 322 g/mol. The third-order valence-corrected chi connectivity index (χ3v) is 5.43. The number of thiazole rings is 1. The summed E-state index contributed by atoms with van der Waals surface area (Å²) in [7, 11) is -3.80. The van der Waals surface area contributed by atoms with Gasteiger partial charge in [0.25, 0.3) is 10.0 Å². The number of sulfonamides is 1. The van der Waals surface area contributed by atoms with Gasteiger partial charge in [0.2, 0.25) is 0 Å². The van der Waals surface area contributed by atoms with Crippen molar-refractivity contribution in [3.63, 3.8) is 0 Å². The Bertz CT molecular complexity index is 836. The maximum atomic E-state index is 12.4. The highest BCUT2D eigenvalue weighted by Crippen LogP contribution is 2.26. The number of halogens is 1. The highest BCUT2D eigenvalue weighted by molar-refractivity contribution is 7.89. The molecule has 0 aliphatic rings. The highest BCUT2D eigenvalue weighted by Gasteiger charge is 2.27. The molecule has 0 radical (unpaired) electrons. The van der Waals surface area contributed by atoms with E-state index in [4.69, 9.17) is 16.0 Å². The van der Waals surface area contributed by atoms with Gasteiger partial charge in [-0.25, -0.2) is 13.4 Å². The first-order valence-electron chi connectivity index (χ1n) is 5.66. The first kappa shape index (κ1) is 13.6. The normalized spacial score (nSPS) is 13.9. The van der Waals surface area contributed by atoms with E-state index in [9.17, 15) is 8.42 Å². The van der Waals surface area contributed by atoms with Gasteiger partial charge in [-0.2, -0.15) is 4.72 Å². The van der Waals surface area contributed by atoms with Gasteiger partial charge < -0.3 is 4.42 Å². The quantitative estimate of drug-likeness (QED) is 0.797. The first-order valence-corrected chi connectivity index (χ1v) is 8.40. The second-order valence-electron chi connectivity index (χ2n) is 4.12. The van der Waals surface area contributed by atoms with Crippen molar-refractivity contribution in [2.45, 2.75) is 18.0 Å². The van der Waals surface area contributed by atoms with Crippen LogP contribution in [0.1, 0.15) is 18.7 Å². The summed E-state index contributed by atoms with van der Waals surface area (Å²) in [5, 5.41) is 1.64. The van der Waals surface area contributed by atoms with Crippen molar-refractivity contribution in [2.75, 3.05) is 0 Å². The number of fused-ring (bicyclic) bond motifs is 1. The minimum absolute atomic E-state index is 0.0454. The summed E-state index contributed by atoms with van der Waals surface area (Å²) >= 11 is 7.25. The molecule has 3 aromatic rings. The first-order chi connectivity index (χ1) is 9.49. The molecule has 0 saturated heterocycles. The molecule has 1 atom stereocenters. The van der Waals surface area contributed by atoms with Crippen molar-refractivity contribution >= 4 is 37.9 Å². The van der Waals surface area contributed by atoms with Crippen molar-refractivity contribution in [3.05, 3.63) is 40.9 Å². The summed E-state index contributed by atoms with van der Waals surface area (Å²) < 4.78 is 34.0. The molecule has 3 aromatic heterocycles. The number of aromatic nitrogens is 2. The number of hydrogen-bond donors (Lipinski definition) is 1. The van der Waals surface area contributed by atoms with Gasteiger partial charge in [0.1, 0.15) is 5.76 Å². The molecule has 0 aliphatic heterocycles. The largest absolute Gasteiger partial charge is 0.468 e. The minimum atomic E-state index is -3.80. The van der Waals surface area contributed by atoms with Crippen LogP contribution in [0.3, 0.4) is 0 Å². The van der Waals surface area contributed by atoms with E-state index in [1.165, 1.54) is 22.0 Å². The Morgan fingerprint density at radius 3 is 3.05 bits per heavy atom. The van der Waals surface area contributed by atoms with E-state index in [1.807, 2.05) is 0 Å². The van der Waals surface area contributed by atoms with Crippen molar-refractivity contribution in [2.24, 2.45) is 0 Å². The van der Waals surface area contributed by atoms with E-state index >= 15 is 0 Å². The highest BCUT2D eigenvalue weighted by atomic mass is 35.5. The monoisotopic (exact) mass is 331 g/mol. The van der Waals surface area contributed by atoms with Gasteiger partial charge >= 0.3 is 0 Å². The SMILES string of the molecule is CC(NS(=O)(=O)c1c(Cl)nc2sccn12)c1ccco1. The lowest BCUT2D eigenvalue weighted by Gasteiger charge is -2.11. The Kier molecular flexibility index (Phi) is 3.33. The van der Waals surface area contributed by atoms with Crippen molar-refractivity contribution in [3.8, 4) is 0 Å². The molecule has 0 spiro atoms. The predicted octanol–water partition coefficient (Wildman–Crippen LogP) is 2.68. The number of furan rings is 1. The molecular formula is C11H10ClN3O3S2. The molecule has 1 N–H and O–H groups in total. The lowest BCUT2D eigenvalue weighted by Crippen LogP contribution is -2.27. The topological polar surface area (TPSA) is 76.6 Å². The Hall–Kier alpha value is -1.35. The zero-order chi connectivity index (χ0) is 14.3. The van der Waals surface area contributed by atoms with Gasteiger partial charge in [-0.1, -0.05) is 11.6 Å². The van der Waals surface area contributed by atoms with Crippen LogP contribution < -0.4 is 4.72 Å². The molecule has 1 unspecified atom stereocenters. The van der Waals surface area contributed by atoms with Crippen LogP contribution in [-0.4, -0.2) is 17.8 Å². The van der Waals surface area contributed by atoms with Gasteiger partial charge in [-0.15, -0.1) is 11.3 Å². The molecule has 3 heterocycles. The molecule has 0 fully saturated rings. The number of imidazole rings is 1. The fraction of sp³-hybridized carbons (Fsp3) is 0.182. The van der Waals surface area contributed by atoms with Crippen LogP contribution in [0.15, 0.2) is 39.4 Å². The van der Waals surface area contributed by atoms with Crippen LogP contribution in [0.2, 0.25) is 5.15 Å². The van der Waals surface area contributed by atoms with Crippen LogP contribution in [0.5, 0.6) is 0 Å². The third kappa shape index (κ3) is 2.24. The standard InChI is InChI=1S/C11H10ClN3O3S2/c1-7(8-3-2-5-18-8)14-20(16,17)10-9(12)13-11-15(10)4-6-19-11/h2-7,14H,1H3. The van der Waals surface area contributed by atoms with E-state index < -0.39 is 16.1 Å². The molecule has 3 rings (SSSR count). The van der Waals surface area contributed by atoms with Crippen LogP contribution >= 0.6 is 22.9 Å². The zero-order valence-corrected chi connectivity index (χ0v) is 12.7. The van der Waals surface area contributed by atoms with Crippen LogP contribution in [0.4, 0.5) is 0 Å². The maximum Gasteiger partial charge on any atom is 0.260 e. The molecule has 0 bridgehead atoms. The van der Waals surface area contributed by atoms with Gasteiger partial charge in [0.15, 0.2) is 15.1 Å². The van der Waals surface area contributed by atoms with Crippen LogP contribution in [0, 0.1) is 0 Å². The number of hydrogen-bond acceptors (Lipinski definition) is 5. The van der Waals surface area contributed by atoms with E-state index in [1.54, 1.807) is 30.6 Å². The zero-order valence-electron chi connectivity index (χ0n) is 10.3. The number of nitrogens with zero attached hydrogens (tertiary/aromatic N) is 2. The van der Waals surface area contributed by atoms with E-state index in [0.29, 0.717) is 10.7 Å². The average Bonchev–Trinajstić information content (AvgIpc) is 3.01. The Labute approximate surface area is 124 Å². The average molecular weight is 332 g/mol. The number of nitrogens with one attached hydrogen (secondary N) is 1. The fourth-order valence-corrected chi connectivity index (χ4v) is 4.53. The Balaban J connectivity index is 2.00. The summed E-state index contributed by atoms with van der Waals surface area (Å²) in [6, 6.07) is 2.89. The maximum absolute atomic E-state index is 12.4. The van der Waals surface area contributed by atoms with Gasteiger partial charge in [0, 0.05) is 11.6 Å². The molecule has 9 heteroatoms. The Morgan fingerprint density at radius 2 is 2.35 bits per heavy atom. The summed E-state index contributed by atoms with van der Waals surface area (Å²) in [4.78, 5) is 4.54. The predicted molar refractivity (Wildman–Crippen MR) is 75.5 cm³/mol. The van der Waals surface area contributed by atoms with Gasteiger partial charge in [-0.3, -0.25) is 4.40 Å². The minimum Gasteiger partial charge on any atom is -0.468 e. The molecule has 6 nitrogen and oxygen atoms in total. The number of rotatable bonds is 4. The second kappa shape index (κ2) is 4.88. The third-order valence-electron chi connectivity index (χ3n) is 2.73. The van der Waals surface area contributed by atoms with Crippen molar-refractivity contribution in [1.29, 1.82) is 0 Å². The smallest absolute Gasteiger partial charge is 0.260 e. The molecule has 0 saturated carbocycles. The van der Waals surface area contributed by atoms with Crippen LogP contribution in [0.25, 0.3) is 4.96 Å². The van der Waals surface area contributed by atoms with Gasteiger partial charge in [0.05, 0.1) is 12.3 Å². The van der Waals surface area contributed by atoms with Crippen LogP contribution in [-0.2, 0) is 10.0 Å². The summed E-state index contributed by atoms with van der Waals surface area (Å²) in [6.45, 7) is 1.69.